The van der Waals surface area contributed by atoms with Gasteiger partial charge in [-0.25, -0.2) is 4.98 Å². The molecule has 0 bridgehead atoms. The molecule has 1 unspecified atom stereocenters. The highest BCUT2D eigenvalue weighted by Gasteiger charge is 2.53. The lowest BCUT2D eigenvalue weighted by atomic mass is 9.93. The zero-order valence-corrected chi connectivity index (χ0v) is 19.3. The maximum Gasteiger partial charge on any atom is 0.274 e. The summed E-state index contributed by atoms with van der Waals surface area (Å²) in [4.78, 5) is 46.0. The van der Waals surface area contributed by atoms with Gasteiger partial charge in [0.15, 0.2) is 5.69 Å². The maximum atomic E-state index is 13.7. The Morgan fingerprint density at radius 1 is 1.18 bits per heavy atom. The molecule has 2 saturated carbocycles. The van der Waals surface area contributed by atoms with Gasteiger partial charge in [-0.2, -0.15) is 0 Å². The number of rotatable bonds is 6. The van der Waals surface area contributed by atoms with Crippen LogP contribution in [0.2, 0.25) is 0 Å². The Bertz CT molecular complexity index is 1100. The average molecular weight is 450 g/mol. The van der Waals surface area contributed by atoms with Crippen molar-refractivity contribution >= 4 is 17.7 Å². The van der Waals surface area contributed by atoms with Gasteiger partial charge in [-0.15, -0.1) is 0 Å². The second-order valence-corrected chi connectivity index (χ2v) is 9.88. The lowest BCUT2D eigenvalue weighted by molar-refractivity contribution is -0.133. The zero-order chi connectivity index (χ0) is 23.2. The Labute approximate surface area is 193 Å². The Hall–Kier alpha value is -3.16. The number of benzene rings is 1. The zero-order valence-electron chi connectivity index (χ0n) is 19.3. The molecular formula is C25H31N5O3. The summed E-state index contributed by atoms with van der Waals surface area (Å²) in [5.74, 6) is -0.779. The molecule has 1 aromatic carbocycles. The molecule has 2 aromatic rings. The Morgan fingerprint density at radius 3 is 2.64 bits per heavy atom. The van der Waals surface area contributed by atoms with E-state index >= 15 is 0 Å². The van der Waals surface area contributed by atoms with Gasteiger partial charge in [0.1, 0.15) is 11.2 Å². The van der Waals surface area contributed by atoms with Crippen molar-refractivity contribution in [3.63, 3.8) is 0 Å². The van der Waals surface area contributed by atoms with Gasteiger partial charge < -0.3 is 20.1 Å². The molecule has 33 heavy (non-hydrogen) atoms. The first-order valence-electron chi connectivity index (χ1n) is 11.9. The van der Waals surface area contributed by atoms with Crippen molar-refractivity contribution in [3.8, 4) is 0 Å². The molecule has 0 radical (unpaired) electrons. The van der Waals surface area contributed by atoms with Gasteiger partial charge in [0.25, 0.3) is 11.8 Å². The molecule has 2 N–H and O–H groups in total. The van der Waals surface area contributed by atoms with Gasteiger partial charge in [-0.1, -0.05) is 42.7 Å². The molecule has 174 valence electrons. The lowest BCUT2D eigenvalue weighted by Gasteiger charge is -2.44. The highest BCUT2D eigenvalue weighted by Crippen LogP contribution is 2.39. The third-order valence-corrected chi connectivity index (χ3v) is 7.11. The first-order valence-corrected chi connectivity index (χ1v) is 11.9. The summed E-state index contributed by atoms with van der Waals surface area (Å²) >= 11 is 0. The van der Waals surface area contributed by atoms with Crippen LogP contribution in [0.4, 0.5) is 0 Å². The molecular weight excluding hydrogens is 418 g/mol. The van der Waals surface area contributed by atoms with Gasteiger partial charge >= 0.3 is 0 Å². The molecule has 8 heteroatoms. The van der Waals surface area contributed by atoms with Crippen molar-refractivity contribution in [2.24, 2.45) is 0 Å². The summed E-state index contributed by atoms with van der Waals surface area (Å²) in [6.45, 7) is 4.50. The van der Waals surface area contributed by atoms with Crippen LogP contribution in [0.25, 0.3) is 0 Å². The van der Waals surface area contributed by atoms with E-state index in [9.17, 15) is 14.4 Å². The number of amides is 3. The van der Waals surface area contributed by atoms with E-state index in [1.807, 2.05) is 38.1 Å². The highest BCUT2D eigenvalue weighted by atomic mass is 16.2. The lowest BCUT2D eigenvalue weighted by Crippen LogP contribution is -2.64. The molecule has 1 atom stereocenters. The summed E-state index contributed by atoms with van der Waals surface area (Å²) in [5.41, 5.74) is 1.56. The van der Waals surface area contributed by atoms with Crippen LogP contribution in [0.5, 0.6) is 0 Å². The number of fused-ring (bicyclic) bond motifs is 1. The molecule has 1 aromatic heterocycles. The van der Waals surface area contributed by atoms with Crippen LogP contribution in [-0.2, 0) is 17.9 Å². The summed E-state index contributed by atoms with van der Waals surface area (Å²) in [5, 5.41) is 6.07. The van der Waals surface area contributed by atoms with Crippen LogP contribution in [0.15, 0.2) is 30.6 Å². The summed E-state index contributed by atoms with van der Waals surface area (Å²) in [7, 11) is 0. The van der Waals surface area contributed by atoms with E-state index in [1.165, 1.54) is 6.33 Å². The maximum absolute atomic E-state index is 13.7. The Morgan fingerprint density at radius 2 is 1.94 bits per heavy atom. The van der Waals surface area contributed by atoms with E-state index in [0.717, 1.165) is 49.7 Å². The van der Waals surface area contributed by atoms with Crippen molar-refractivity contribution in [3.05, 3.63) is 53.1 Å². The molecule has 0 saturated heterocycles. The fourth-order valence-electron chi connectivity index (χ4n) is 5.24. The highest BCUT2D eigenvalue weighted by molar-refractivity contribution is 6.07. The van der Waals surface area contributed by atoms with Crippen molar-refractivity contribution in [2.45, 2.75) is 83.1 Å². The van der Waals surface area contributed by atoms with E-state index in [-0.39, 0.29) is 42.0 Å². The number of aromatic nitrogens is 2. The molecule has 3 aliphatic rings. The van der Waals surface area contributed by atoms with Crippen LogP contribution in [-0.4, -0.2) is 49.8 Å². The van der Waals surface area contributed by atoms with Crippen molar-refractivity contribution < 1.29 is 14.4 Å². The molecule has 3 amide bonds. The van der Waals surface area contributed by atoms with Crippen molar-refractivity contribution in [1.82, 2.24) is 25.1 Å². The number of hydrogen-bond donors (Lipinski definition) is 2. The number of carbonyl (C=O) groups is 3. The summed E-state index contributed by atoms with van der Waals surface area (Å²) < 4.78 is 1.68. The second-order valence-electron chi connectivity index (χ2n) is 9.88. The topological polar surface area (TPSA) is 96.3 Å². The molecule has 8 nitrogen and oxygen atoms in total. The fraction of sp³-hybridized carbons (Fsp3) is 0.520. The number of nitrogens with zero attached hydrogens (tertiary/aromatic N) is 3. The fourth-order valence-corrected chi connectivity index (χ4v) is 5.24. The van der Waals surface area contributed by atoms with E-state index < -0.39 is 5.54 Å². The first kappa shape index (κ1) is 21.7. The van der Waals surface area contributed by atoms with Gasteiger partial charge in [0.2, 0.25) is 5.91 Å². The second kappa shape index (κ2) is 8.32. The number of hydrogen-bond acceptors (Lipinski definition) is 4. The van der Waals surface area contributed by atoms with E-state index in [4.69, 9.17) is 0 Å². The molecule has 1 aliphatic heterocycles. The minimum atomic E-state index is -1.05. The largest absolute Gasteiger partial charge is 0.350 e. The van der Waals surface area contributed by atoms with Crippen LogP contribution in [0, 0.1) is 6.92 Å². The third-order valence-electron chi connectivity index (χ3n) is 7.11. The summed E-state index contributed by atoms with van der Waals surface area (Å²) in [6.07, 6.45) is 7.39. The average Bonchev–Trinajstić information content (AvgIpc) is 3.29. The van der Waals surface area contributed by atoms with Gasteiger partial charge in [-0.05, 0) is 45.1 Å². The molecule has 2 aliphatic carbocycles. The molecule has 0 spiro atoms. The van der Waals surface area contributed by atoms with Gasteiger partial charge in [0, 0.05) is 18.6 Å². The number of nitrogens with one attached hydrogen (secondary N) is 2. The quantitative estimate of drug-likeness (QED) is 0.708. The minimum Gasteiger partial charge on any atom is -0.350 e. The van der Waals surface area contributed by atoms with Gasteiger partial charge in [-0.3, -0.25) is 14.4 Å². The summed E-state index contributed by atoms with van der Waals surface area (Å²) in [6, 6.07) is 8.16. The van der Waals surface area contributed by atoms with Gasteiger partial charge in [0.05, 0.1) is 12.9 Å². The Balaban J connectivity index is 1.39. The van der Waals surface area contributed by atoms with Crippen LogP contribution in [0.3, 0.4) is 0 Å². The standard InChI is InChI=1S/C25H31N5O3/c1-16-6-5-7-17(12-16)13-26-24(33)25(2)14-29-15-27-20(22(31)28-18-8-3-4-9-18)21(29)23(32)30(25)19-10-11-19/h5-7,12,15,18-19H,3-4,8-11,13-14H2,1-2H3,(H,26,33)(H,28,31). The number of aryl methyl sites for hydroxylation is 1. The van der Waals surface area contributed by atoms with E-state index in [0.29, 0.717) is 12.2 Å². The van der Waals surface area contributed by atoms with E-state index in [1.54, 1.807) is 9.47 Å². The SMILES string of the molecule is Cc1cccc(CNC(=O)C2(C)Cn3cnc(C(=O)NC4CCCC4)c3C(=O)N2C2CC2)c1. The number of imidazole rings is 1. The predicted octanol–water partition coefficient (Wildman–Crippen LogP) is 2.56. The molecule has 2 heterocycles. The van der Waals surface area contributed by atoms with E-state index in [2.05, 4.69) is 15.6 Å². The monoisotopic (exact) mass is 449 g/mol. The van der Waals surface area contributed by atoms with Crippen LogP contribution in [0.1, 0.15) is 77.6 Å². The van der Waals surface area contributed by atoms with Crippen LogP contribution >= 0.6 is 0 Å². The molecule has 5 rings (SSSR count). The minimum absolute atomic E-state index is 0.0154. The third kappa shape index (κ3) is 4.03. The first-order chi connectivity index (χ1) is 15.9. The number of carbonyl (C=O) groups excluding carboxylic acids is 3. The van der Waals surface area contributed by atoms with Crippen molar-refractivity contribution in [2.75, 3.05) is 0 Å². The van der Waals surface area contributed by atoms with Crippen LogP contribution < -0.4 is 10.6 Å². The van der Waals surface area contributed by atoms with Crippen molar-refractivity contribution in [1.29, 1.82) is 0 Å². The molecule has 2 fully saturated rings. The normalized spacial score (nSPS) is 22.8. The smallest absolute Gasteiger partial charge is 0.274 e. The predicted molar refractivity (Wildman–Crippen MR) is 123 cm³/mol. The Kier molecular flexibility index (Phi) is 5.46.